The molecule has 0 aliphatic heterocycles. The summed E-state index contributed by atoms with van der Waals surface area (Å²) in [6, 6.07) is 8.74. The summed E-state index contributed by atoms with van der Waals surface area (Å²) in [5.74, 6) is 0. The molecule has 0 aliphatic carbocycles. The lowest BCUT2D eigenvalue weighted by Gasteiger charge is -2.08. The standard InChI is InChI=1S/C14H21N3/c1-3-16-10-13-8-12-6-5-11(9-15)7-14(12)17(13)4-2/h5-8,16H,3-4,9-10,15H2,1-2H3. The van der Waals surface area contributed by atoms with Crippen molar-refractivity contribution in [3.63, 3.8) is 0 Å². The van der Waals surface area contributed by atoms with Crippen LogP contribution in [0.25, 0.3) is 10.9 Å². The summed E-state index contributed by atoms with van der Waals surface area (Å²) in [6.45, 7) is 7.84. The first-order valence-electron chi connectivity index (χ1n) is 6.32. The average Bonchev–Trinajstić information content (AvgIpc) is 2.72. The summed E-state index contributed by atoms with van der Waals surface area (Å²) in [5, 5.41) is 4.69. The molecular weight excluding hydrogens is 210 g/mol. The quantitative estimate of drug-likeness (QED) is 0.828. The Morgan fingerprint density at radius 2 is 2.06 bits per heavy atom. The van der Waals surface area contributed by atoms with E-state index in [9.17, 15) is 0 Å². The minimum atomic E-state index is 0.605. The van der Waals surface area contributed by atoms with Crippen molar-refractivity contribution in [2.45, 2.75) is 33.5 Å². The zero-order chi connectivity index (χ0) is 12.3. The number of rotatable bonds is 5. The van der Waals surface area contributed by atoms with Crippen LogP contribution in [0.1, 0.15) is 25.1 Å². The minimum absolute atomic E-state index is 0.605. The maximum Gasteiger partial charge on any atom is 0.0486 e. The lowest BCUT2D eigenvalue weighted by atomic mass is 10.1. The number of nitrogens with one attached hydrogen (secondary N) is 1. The second kappa shape index (κ2) is 5.34. The van der Waals surface area contributed by atoms with Crippen LogP contribution in [0, 0.1) is 0 Å². The van der Waals surface area contributed by atoms with Gasteiger partial charge in [0.2, 0.25) is 0 Å². The summed E-state index contributed by atoms with van der Waals surface area (Å²) < 4.78 is 2.36. The van der Waals surface area contributed by atoms with E-state index in [4.69, 9.17) is 5.73 Å². The zero-order valence-corrected chi connectivity index (χ0v) is 10.7. The van der Waals surface area contributed by atoms with Crippen LogP contribution in [0.15, 0.2) is 24.3 Å². The van der Waals surface area contributed by atoms with Gasteiger partial charge >= 0.3 is 0 Å². The SMILES string of the molecule is CCNCc1cc2ccc(CN)cc2n1CC. The van der Waals surface area contributed by atoms with Crippen LogP contribution in [-0.2, 0) is 19.6 Å². The Morgan fingerprint density at radius 1 is 1.24 bits per heavy atom. The van der Waals surface area contributed by atoms with Gasteiger partial charge in [0.25, 0.3) is 0 Å². The molecule has 1 aromatic carbocycles. The van der Waals surface area contributed by atoms with Crippen LogP contribution in [0.2, 0.25) is 0 Å². The van der Waals surface area contributed by atoms with Gasteiger partial charge in [0.1, 0.15) is 0 Å². The zero-order valence-electron chi connectivity index (χ0n) is 10.7. The van der Waals surface area contributed by atoms with Gasteiger partial charge in [-0.25, -0.2) is 0 Å². The largest absolute Gasteiger partial charge is 0.344 e. The van der Waals surface area contributed by atoms with Gasteiger partial charge in [-0.1, -0.05) is 19.1 Å². The van der Waals surface area contributed by atoms with Crippen molar-refractivity contribution in [2.75, 3.05) is 6.54 Å². The van der Waals surface area contributed by atoms with Gasteiger partial charge in [0, 0.05) is 30.8 Å². The molecule has 0 bridgehead atoms. The number of aryl methyl sites for hydroxylation is 1. The summed E-state index contributed by atoms with van der Waals surface area (Å²) in [5.41, 5.74) is 9.53. The molecule has 0 spiro atoms. The van der Waals surface area contributed by atoms with Gasteiger partial charge in [0.05, 0.1) is 0 Å². The third-order valence-corrected chi connectivity index (χ3v) is 3.16. The summed E-state index contributed by atoms with van der Waals surface area (Å²) in [4.78, 5) is 0. The predicted octanol–water partition coefficient (Wildman–Crippen LogP) is 2.23. The maximum absolute atomic E-state index is 5.70. The third-order valence-electron chi connectivity index (χ3n) is 3.16. The van der Waals surface area contributed by atoms with E-state index in [1.807, 2.05) is 0 Å². The molecule has 0 saturated carbocycles. The molecule has 3 nitrogen and oxygen atoms in total. The fraction of sp³-hybridized carbons (Fsp3) is 0.429. The molecule has 1 aromatic heterocycles. The van der Waals surface area contributed by atoms with Crippen molar-refractivity contribution in [1.82, 2.24) is 9.88 Å². The Bertz CT molecular complexity index is 499. The highest BCUT2D eigenvalue weighted by Crippen LogP contribution is 2.21. The third kappa shape index (κ3) is 2.35. The maximum atomic E-state index is 5.70. The van der Waals surface area contributed by atoms with Crippen LogP contribution < -0.4 is 11.1 Å². The Hall–Kier alpha value is -1.32. The van der Waals surface area contributed by atoms with E-state index in [0.29, 0.717) is 6.54 Å². The first-order chi connectivity index (χ1) is 8.30. The van der Waals surface area contributed by atoms with E-state index in [2.05, 4.69) is 48.0 Å². The summed E-state index contributed by atoms with van der Waals surface area (Å²) in [7, 11) is 0. The number of hydrogen-bond donors (Lipinski definition) is 2. The van der Waals surface area contributed by atoms with Crippen molar-refractivity contribution >= 4 is 10.9 Å². The summed E-state index contributed by atoms with van der Waals surface area (Å²) in [6.07, 6.45) is 0. The van der Waals surface area contributed by atoms with Gasteiger partial charge in [0.15, 0.2) is 0 Å². The number of benzene rings is 1. The van der Waals surface area contributed by atoms with E-state index in [0.717, 1.165) is 19.6 Å². The van der Waals surface area contributed by atoms with E-state index in [-0.39, 0.29) is 0 Å². The summed E-state index contributed by atoms with van der Waals surface area (Å²) >= 11 is 0. The first-order valence-corrected chi connectivity index (χ1v) is 6.32. The second-order valence-electron chi connectivity index (χ2n) is 4.26. The molecular formula is C14H21N3. The monoisotopic (exact) mass is 231 g/mol. The molecule has 0 radical (unpaired) electrons. The molecule has 92 valence electrons. The number of fused-ring (bicyclic) bond motifs is 1. The van der Waals surface area contributed by atoms with E-state index in [1.165, 1.54) is 22.2 Å². The second-order valence-corrected chi connectivity index (χ2v) is 4.26. The van der Waals surface area contributed by atoms with Crippen molar-refractivity contribution < 1.29 is 0 Å². The first kappa shape index (κ1) is 12.1. The molecule has 2 rings (SSSR count). The molecule has 0 atom stereocenters. The smallest absolute Gasteiger partial charge is 0.0486 e. The highest BCUT2D eigenvalue weighted by Gasteiger charge is 2.07. The van der Waals surface area contributed by atoms with Crippen LogP contribution in [0.5, 0.6) is 0 Å². The Labute approximate surface area is 103 Å². The molecule has 17 heavy (non-hydrogen) atoms. The number of hydrogen-bond acceptors (Lipinski definition) is 2. The van der Waals surface area contributed by atoms with Gasteiger partial charge in [-0.05, 0) is 36.6 Å². The lowest BCUT2D eigenvalue weighted by molar-refractivity contribution is 0.656. The highest BCUT2D eigenvalue weighted by molar-refractivity contribution is 5.82. The predicted molar refractivity (Wildman–Crippen MR) is 72.9 cm³/mol. The fourth-order valence-electron chi connectivity index (χ4n) is 2.26. The van der Waals surface area contributed by atoms with E-state index in [1.54, 1.807) is 0 Å². The van der Waals surface area contributed by atoms with Crippen LogP contribution >= 0.6 is 0 Å². The molecule has 3 heteroatoms. The Morgan fingerprint density at radius 3 is 2.71 bits per heavy atom. The normalized spacial score (nSPS) is 11.2. The van der Waals surface area contributed by atoms with Crippen molar-refractivity contribution in [3.05, 3.63) is 35.5 Å². The molecule has 1 heterocycles. The minimum Gasteiger partial charge on any atom is -0.344 e. The highest BCUT2D eigenvalue weighted by atomic mass is 15.0. The number of nitrogens with zero attached hydrogens (tertiary/aromatic N) is 1. The topological polar surface area (TPSA) is 43.0 Å². The Kier molecular flexibility index (Phi) is 3.82. The van der Waals surface area contributed by atoms with Crippen molar-refractivity contribution in [1.29, 1.82) is 0 Å². The fourth-order valence-corrected chi connectivity index (χ4v) is 2.26. The number of nitrogens with two attached hydrogens (primary N) is 1. The lowest BCUT2D eigenvalue weighted by Crippen LogP contribution is -2.15. The van der Waals surface area contributed by atoms with Crippen LogP contribution in [0.4, 0.5) is 0 Å². The number of aromatic nitrogens is 1. The van der Waals surface area contributed by atoms with Gasteiger partial charge in [-0.3, -0.25) is 0 Å². The van der Waals surface area contributed by atoms with Gasteiger partial charge < -0.3 is 15.6 Å². The average molecular weight is 231 g/mol. The van der Waals surface area contributed by atoms with Gasteiger partial charge in [-0.2, -0.15) is 0 Å². The van der Waals surface area contributed by atoms with Crippen molar-refractivity contribution in [2.24, 2.45) is 5.73 Å². The molecule has 0 saturated heterocycles. The molecule has 2 aromatic rings. The Balaban J connectivity index is 2.47. The molecule has 0 fully saturated rings. The molecule has 3 N–H and O–H groups in total. The van der Waals surface area contributed by atoms with Gasteiger partial charge in [-0.15, -0.1) is 0 Å². The van der Waals surface area contributed by atoms with Crippen LogP contribution in [-0.4, -0.2) is 11.1 Å². The molecule has 0 unspecified atom stereocenters. The van der Waals surface area contributed by atoms with E-state index < -0.39 is 0 Å². The van der Waals surface area contributed by atoms with E-state index >= 15 is 0 Å². The van der Waals surface area contributed by atoms with Crippen LogP contribution in [0.3, 0.4) is 0 Å². The molecule has 0 aliphatic rings. The van der Waals surface area contributed by atoms with Crippen molar-refractivity contribution in [3.8, 4) is 0 Å². The molecule has 0 amide bonds.